The summed E-state index contributed by atoms with van der Waals surface area (Å²) in [6, 6.07) is 8.81. The van der Waals surface area contributed by atoms with Crippen LogP contribution in [0.3, 0.4) is 0 Å². The van der Waals surface area contributed by atoms with Crippen molar-refractivity contribution in [2.45, 2.75) is 12.8 Å². The van der Waals surface area contributed by atoms with Crippen molar-refractivity contribution in [3.63, 3.8) is 0 Å². The van der Waals surface area contributed by atoms with Crippen LogP contribution in [0.4, 0.5) is 0 Å². The summed E-state index contributed by atoms with van der Waals surface area (Å²) in [5.74, 6) is 0. The predicted octanol–water partition coefficient (Wildman–Crippen LogP) is 4.73. The lowest BCUT2D eigenvalue weighted by Crippen LogP contribution is -2.13. The molecule has 4 heteroatoms. The molecule has 1 nitrogen and oxygen atoms in total. The molecular weight excluding hydrogens is 314 g/mol. The summed E-state index contributed by atoms with van der Waals surface area (Å²) < 4.78 is 1.20. The van der Waals surface area contributed by atoms with Gasteiger partial charge in [-0.1, -0.05) is 0 Å². The van der Waals surface area contributed by atoms with Crippen LogP contribution in [0.15, 0.2) is 28.1 Å². The summed E-state index contributed by atoms with van der Waals surface area (Å²) in [6.45, 7) is 1.16. The summed E-state index contributed by atoms with van der Waals surface area (Å²) in [7, 11) is 4.26. The van der Waals surface area contributed by atoms with Crippen molar-refractivity contribution < 1.29 is 0 Å². The van der Waals surface area contributed by atoms with E-state index in [9.17, 15) is 0 Å². The third-order valence-corrected chi connectivity index (χ3v) is 5.47. The molecule has 0 aromatic carbocycles. The first-order valence-electron chi connectivity index (χ1n) is 5.64. The summed E-state index contributed by atoms with van der Waals surface area (Å²) >= 11 is 7.24. The molecule has 0 saturated heterocycles. The van der Waals surface area contributed by atoms with E-state index in [1.165, 1.54) is 31.3 Å². The molecule has 0 N–H and O–H groups in total. The number of rotatable bonds is 5. The van der Waals surface area contributed by atoms with Crippen LogP contribution >= 0.6 is 38.6 Å². The molecule has 0 radical (unpaired) electrons. The molecule has 2 heterocycles. The molecule has 0 saturated carbocycles. The monoisotopic (exact) mass is 329 g/mol. The molecule has 2 rings (SSSR count). The molecule has 17 heavy (non-hydrogen) atoms. The van der Waals surface area contributed by atoms with E-state index in [-0.39, 0.29) is 0 Å². The maximum atomic E-state index is 3.51. The Morgan fingerprint density at radius 3 is 2.41 bits per heavy atom. The highest BCUT2D eigenvalue weighted by Crippen LogP contribution is 2.35. The van der Waals surface area contributed by atoms with Gasteiger partial charge in [0.1, 0.15) is 0 Å². The van der Waals surface area contributed by atoms with Crippen molar-refractivity contribution in [3.05, 3.63) is 32.9 Å². The Labute approximate surface area is 119 Å². The van der Waals surface area contributed by atoms with Crippen LogP contribution in [-0.2, 0) is 6.42 Å². The van der Waals surface area contributed by atoms with E-state index in [0.717, 1.165) is 6.54 Å². The van der Waals surface area contributed by atoms with Crippen molar-refractivity contribution >= 4 is 38.6 Å². The zero-order chi connectivity index (χ0) is 12.3. The lowest BCUT2D eigenvalue weighted by molar-refractivity contribution is 0.401. The first-order valence-corrected chi connectivity index (χ1v) is 8.07. The van der Waals surface area contributed by atoms with Gasteiger partial charge in [-0.3, -0.25) is 0 Å². The average molecular weight is 330 g/mol. The van der Waals surface area contributed by atoms with E-state index in [2.05, 4.69) is 59.2 Å². The molecule has 0 aliphatic rings. The average Bonchev–Trinajstić information content (AvgIpc) is 2.86. The SMILES string of the molecule is CN(C)CCCc1ccc(-c2ccc(Br)s2)s1. The molecule has 0 atom stereocenters. The van der Waals surface area contributed by atoms with Gasteiger partial charge in [-0.15, -0.1) is 22.7 Å². The van der Waals surface area contributed by atoms with Crippen LogP contribution in [0.5, 0.6) is 0 Å². The molecule has 92 valence electrons. The minimum atomic E-state index is 1.16. The van der Waals surface area contributed by atoms with Crippen LogP contribution in [-0.4, -0.2) is 25.5 Å². The Balaban J connectivity index is 1.96. The van der Waals surface area contributed by atoms with Gasteiger partial charge in [-0.2, -0.15) is 0 Å². The Morgan fingerprint density at radius 1 is 1.06 bits per heavy atom. The van der Waals surface area contributed by atoms with Crippen LogP contribution in [0.1, 0.15) is 11.3 Å². The second kappa shape index (κ2) is 6.14. The smallest absolute Gasteiger partial charge is 0.0705 e. The van der Waals surface area contributed by atoms with Crippen molar-refractivity contribution in [1.29, 1.82) is 0 Å². The zero-order valence-corrected chi connectivity index (χ0v) is 13.3. The summed E-state index contributed by atoms with van der Waals surface area (Å²) in [4.78, 5) is 6.48. The van der Waals surface area contributed by atoms with Crippen LogP contribution in [0.2, 0.25) is 0 Å². The quantitative estimate of drug-likeness (QED) is 0.766. The summed E-state index contributed by atoms with van der Waals surface area (Å²) in [5, 5.41) is 0. The summed E-state index contributed by atoms with van der Waals surface area (Å²) in [5.41, 5.74) is 0. The highest BCUT2D eigenvalue weighted by Gasteiger charge is 2.05. The number of thiophene rings is 2. The Bertz CT molecular complexity index is 473. The van der Waals surface area contributed by atoms with E-state index in [1.54, 1.807) is 11.3 Å². The van der Waals surface area contributed by atoms with Crippen molar-refractivity contribution in [1.82, 2.24) is 4.90 Å². The third kappa shape index (κ3) is 3.91. The molecule has 0 aliphatic heterocycles. The van der Waals surface area contributed by atoms with E-state index >= 15 is 0 Å². The molecule has 0 fully saturated rings. The molecule has 2 aromatic rings. The number of hydrogen-bond acceptors (Lipinski definition) is 3. The largest absolute Gasteiger partial charge is 0.309 e. The first-order chi connectivity index (χ1) is 8.15. The van der Waals surface area contributed by atoms with E-state index < -0.39 is 0 Å². The molecule has 2 aromatic heterocycles. The maximum absolute atomic E-state index is 3.51. The van der Waals surface area contributed by atoms with Gasteiger partial charge in [0.25, 0.3) is 0 Å². The van der Waals surface area contributed by atoms with Crippen LogP contribution in [0, 0.1) is 0 Å². The molecule has 0 bridgehead atoms. The molecular formula is C13H16BrNS2. The van der Waals surface area contributed by atoms with Gasteiger partial charge >= 0.3 is 0 Å². The van der Waals surface area contributed by atoms with Crippen molar-refractivity contribution in [2.75, 3.05) is 20.6 Å². The van der Waals surface area contributed by atoms with Gasteiger partial charge in [0.15, 0.2) is 0 Å². The molecule has 0 aliphatic carbocycles. The molecule has 0 spiro atoms. The maximum Gasteiger partial charge on any atom is 0.0705 e. The normalized spacial score (nSPS) is 11.3. The molecule has 0 unspecified atom stereocenters. The number of nitrogens with zero attached hydrogens (tertiary/aromatic N) is 1. The van der Waals surface area contributed by atoms with E-state index in [1.807, 2.05) is 11.3 Å². The van der Waals surface area contributed by atoms with Crippen LogP contribution in [0.25, 0.3) is 9.75 Å². The van der Waals surface area contributed by atoms with Crippen molar-refractivity contribution in [3.8, 4) is 9.75 Å². The third-order valence-electron chi connectivity index (χ3n) is 2.51. The Morgan fingerprint density at radius 2 is 1.76 bits per heavy atom. The lowest BCUT2D eigenvalue weighted by atomic mass is 10.2. The van der Waals surface area contributed by atoms with Gasteiger partial charge in [-0.05, 0) is 73.7 Å². The van der Waals surface area contributed by atoms with Gasteiger partial charge < -0.3 is 4.90 Å². The van der Waals surface area contributed by atoms with Gasteiger partial charge in [-0.25, -0.2) is 0 Å². The van der Waals surface area contributed by atoms with E-state index in [4.69, 9.17) is 0 Å². The second-order valence-electron chi connectivity index (χ2n) is 4.28. The number of aryl methyl sites for hydroxylation is 1. The van der Waals surface area contributed by atoms with E-state index in [0.29, 0.717) is 0 Å². The Hall–Kier alpha value is -0.160. The fourth-order valence-corrected chi connectivity index (χ4v) is 4.19. The highest BCUT2D eigenvalue weighted by atomic mass is 79.9. The lowest BCUT2D eigenvalue weighted by Gasteiger charge is -2.07. The van der Waals surface area contributed by atoms with Crippen molar-refractivity contribution in [2.24, 2.45) is 0 Å². The summed E-state index contributed by atoms with van der Waals surface area (Å²) in [6.07, 6.45) is 2.43. The predicted molar refractivity (Wildman–Crippen MR) is 82.2 cm³/mol. The number of hydrogen-bond donors (Lipinski definition) is 0. The zero-order valence-electron chi connectivity index (χ0n) is 10.1. The van der Waals surface area contributed by atoms with Gasteiger partial charge in [0.05, 0.1) is 3.79 Å². The second-order valence-corrected chi connectivity index (χ2v) is 7.91. The first kappa shape index (κ1) is 13.3. The van der Waals surface area contributed by atoms with Gasteiger partial charge in [0.2, 0.25) is 0 Å². The Kier molecular flexibility index (Phi) is 4.79. The standard InChI is InChI=1S/C13H16BrNS2/c1-15(2)9-3-4-10-5-6-11(16-10)12-7-8-13(14)17-12/h5-8H,3-4,9H2,1-2H3. The number of halogens is 1. The fourth-order valence-electron chi connectivity index (χ4n) is 1.66. The molecule has 0 amide bonds. The minimum absolute atomic E-state index is 1.16. The topological polar surface area (TPSA) is 3.24 Å². The fraction of sp³-hybridized carbons (Fsp3) is 0.385. The highest BCUT2D eigenvalue weighted by molar-refractivity contribution is 9.11. The van der Waals surface area contributed by atoms with Gasteiger partial charge in [0, 0.05) is 14.6 Å². The minimum Gasteiger partial charge on any atom is -0.309 e. The van der Waals surface area contributed by atoms with Crippen LogP contribution < -0.4 is 0 Å².